The Morgan fingerprint density at radius 3 is 2.64 bits per heavy atom. The SMILES string of the molecule is Cc1cccc(SCc2nc(-c3ccc(C)c(C)c3)ns2)c1. The van der Waals surface area contributed by atoms with Crippen LogP contribution in [0, 0.1) is 20.8 Å². The smallest absolute Gasteiger partial charge is 0.173 e. The molecule has 1 aromatic heterocycles. The quantitative estimate of drug-likeness (QED) is 0.598. The molecule has 0 saturated heterocycles. The molecular formula is C18H18N2S2. The van der Waals surface area contributed by atoms with E-state index in [2.05, 4.69) is 72.6 Å². The molecule has 0 unspecified atom stereocenters. The molecular weight excluding hydrogens is 308 g/mol. The molecule has 0 bridgehead atoms. The van der Waals surface area contributed by atoms with E-state index in [-0.39, 0.29) is 0 Å². The number of aryl methyl sites for hydroxylation is 3. The number of hydrogen-bond acceptors (Lipinski definition) is 4. The van der Waals surface area contributed by atoms with Crippen LogP contribution in [0.4, 0.5) is 0 Å². The number of rotatable bonds is 4. The molecule has 0 radical (unpaired) electrons. The lowest BCUT2D eigenvalue weighted by molar-refractivity contribution is 1.22. The maximum absolute atomic E-state index is 4.68. The predicted octanol–water partition coefficient (Wildman–Crippen LogP) is 5.42. The molecule has 2 aromatic carbocycles. The molecule has 0 saturated carbocycles. The summed E-state index contributed by atoms with van der Waals surface area (Å²) < 4.78 is 4.50. The summed E-state index contributed by atoms with van der Waals surface area (Å²) in [7, 11) is 0. The van der Waals surface area contributed by atoms with Crippen molar-refractivity contribution in [2.75, 3.05) is 0 Å². The van der Waals surface area contributed by atoms with E-state index in [0.29, 0.717) is 0 Å². The summed E-state index contributed by atoms with van der Waals surface area (Å²) in [5.74, 6) is 1.71. The first kappa shape index (κ1) is 15.3. The second-order valence-corrected chi connectivity index (χ2v) is 7.30. The molecule has 112 valence electrons. The number of benzene rings is 2. The van der Waals surface area contributed by atoms with Crippen LogP contribution in [0.5, 0.6) is 0 Å². The third-order valence-corrected chi connectivity index (χ3v) is 5.48. The number of thioether (sulfide) groups is 1. The highest BCUT2D eigenvalue weighted by molar-refractivity contribution is 7.98. The van der Waals surface area contributed by atoms with E-state index in [9.17, 15) is 0 Å². The lowest BCUT2D eigenvalue weighted by Gasteiger charge is -2.01. The van der Waals surface area contributed by atoms with Gasteiger partial charge in [-0.25, -0.2) is 4.98 Å². The van der Waals surface area contributed by atoms with E-state index in [1.54, 1.807) is 0 Å². The summed E-state index contributed by atoms with van der Waals surface area (Å²) >= 11 is 3.31. The summed E-state index contributed by atoms with van der Waals surface area (Å²) in [5.41, 5.74) is 4.97. The van der Waals surface area contributed by atoms with E-state index in [1.807, 2.05) is 11.8 Å². The van der Waals surface area contributed by atoms with Gasteiger partial charge in [0.15, 0.2) is 5.82 Å². The van der Waals surface area contributed by atoms with Crippen LogP contribution >= 0.6 is 23.3 Å². The highest BCUT2D eigenvalue weighted by atomic mass is 32.2. The molecule has 3 rings (SSSR count). The normalized spacial score (nSPS) is 10.9. The highest BCUT2D eigenvalue weighted by Crippen LogP contribution is 2.26. The minimum Gasteiger partial charge on any atom is -0.219 e. The van der Waals surface area contributed by atoms with Gasteiger partial charge in [0.1, 0.15) is 5.01 Å². The van der Waals surface area contributed by atoms with Crippen LogP contribution in [-0.2, 0) is 5.75 Å². The van der Waals surface area contributed by atoms with Crippen LogP contribution in [0.3, 0.4) is 0 Å². The van der Waals surface area contributed by atoms with Crippen molar-refractivity contribution >= 4 is 23.3 Å². The fourth-order valence-corrected chi connectivity index (χ4v) is 3.81. The largest absolute Gasteiger partial charge is 0.219 e. The molecule has 4 heteroatoms. The van der Waals surface area contributed by atoms with Gasteiger partial charge in [-0.1, -0.05) is 29.8 Å². The molecule has 0 fully saturated rings. The zero-order chi connectivity index (χ0) is 15.5. The Morgan fingerprint density at radius 1 is 1.00 bits per heavy atom. The van der Waals surface area contributed by atoms with Gasteiger partial charge in [0, 0.05) is 10.5 Å². The van der Waals surface area contributed by atoms with Crippen molar-refractivity contribution < 1.29 is 0 Å². The molecule has 0 aliphatic heterocycles. The Balaban J connectivity index is 1.72. The fourth-order valence-electron chi connectivity index (χ4n) is 2.16. The Labute approximate surface area is 139 Å². The molecule has 0 aliphatic rings. The maximum Gasteiger partial charge on any atom is 0.173 e. The third-order valence-electron chi connectivity index (χ3n) is 3.59. The molecule has 3 aromatic rings. The summed E-state index contributed by atoms with van der Waals surface area (Å²) in [4.78, 5) is 5.96. The van der Waals surface area contributed by atoms with Gasteiger partial charge in [-0.05, 0) is 61.6 Å². The summed E-state index contributed by atoms with van der Waals surface area (Å²) in [6.45, 7) is 6.37. The van der Waals surface area contributed by atoms with Crippen molar-refractivity contribution in [3.63, 3.8) is 0 Å². The van der Waals surface area contributed by atoms with Crippen molar-refractivity contribution in [2.24, 2.45) is 0 Å². The molecule has 0 amide bonds. The average Bonchev–Trinajstić information content (AvgIpc) is 2.97. The van der Waals surface area contributed by atoms with Crippen molar-refractivity contribution in [3.05, 3.63) is 64.2 Å². The second kappa shape index (κ2) is 6.63. The first-order valence-electron chi connectivity index (χ1n) is 7.21. The van der Waals surface area contributed by atoms with Crippen molar-refractivity contribution in [2.45, 2.75) is 31.4 Å². The zero-order valence-corrected chi connectivity index (χ0v) is 14.6. The van der Waals surface area contributed by atoms with Gasteiger partial charge in [-0.3, -0.25) is 0 Å². The Morgan fingerprint density at radius 2 is 1.86 bits per heavy atom. The maximum atomic E-state index is 4.68. The van der Waals surface area contributed by atoms with Crippen molar-refractivity contribution in [3.8, 4) is 11.4 Å². The number of aromatic nitrogens is 2. The Bertz CT molecular complexity index is 793. The summed E-state index contributed by atoms with van der Waals surface area (Å²) in [6.07, 6.45) is 0. The van der Waals surface area contributed by atoms with Crippen LogP contribution in [-0.4, -0.2) is 9.36 Å². The first-order valence-corrected chi connectivity index (χ1v) is 8.97. The standard InChI is InChI=1S/C18H18N2S2/c1-12-5-4-6-16(9-12)21-11-17-19-18(20-22-17)15-8-7-13(2)14(3)10-15/h4-10H,11H2,1-3H3. The van der Waals surface area contributed by atoms with E-state index in [1.165, 1.54) is 33.1 Å². The average molecular weight is 326 g/mol. The van der Waals surface area contributed by atoms with Crippen LogP contribution in [0.2, 0.25) is 0 Å². The molecule has 0 spiro atoms. The van der Waals surface area contributed by atoms with E-state index in [4.69, 9.17) is 0 Å². The van der Waals surface area contributed by atoms with Crippen LogP contribution in [0.1, 0.15) is 21.7 Å². The number of nitrogens with zero attached hydrogens (tertiary/aromatic N) is 2. The third kappa shape index (κ3) is 3.57. The van der Waals surface area contributed by atoms with E-state index >= 15 is 0 Å². The van der Waals surface area contributed by atoms with Gasteiger partial charge in [-0.2, -0.15) is 4.37 Å². The summed E-state index contributed by atoms with van der Waals surface area (Å²) in [6, 6.07) is 15.0. The molecule has 22 heavy (non-hydrogen) atoms. The lowest BCUT2D eigenvalue weighted by atomic mass is 10.1. The molecule has 0 atom stereocenters. The van der Waals surface area contributed by atoms with Crippen molar-refractivity contribution in [1.82, 2.24) is 9.36 Å². The van der Waals surface area contributed by atoms with Gasteiger partial charge in [0.2, 0.25) is 0 Å². The lowest BCUT2D eigenvalue weighted by Crippen LogP contribution is -1.86. The van der Waals surface area contributed by atoms with Crippen LogP contribution < -0.4 is 0 Å². The Kier molecular flexibility index (Phi) is 4.60. The molecule has 0 aliphatic carbocycles. The van der Waals surface area contributed by atoms with Crippen LogP contribution in [0.25, 0.3) is 11.4 Å². The minimum absolute atomic E-state index is 0.841. The van der Waals surface area contributed by atoms with Gasteiger partial charge < -0.3 is 0 Å². The predicted molar refractivity (Wildman–Crippen MR) is 95.6 cm³/mol. The van der Waals surface area contributed by atoms with Gasteiger partial charge in [-0.15, -0.1) is 11.8 Å². The monoisotopic (exact) mass is 326 g/mol. The fraction of sp³-hybridized carbons (Fsp3) is 0.222. The van der Waals surface area contributed by atoms with E-state index in [0.717, 1.165) is 22.1 Å². The number of hydrogen-bond donors (Lipinski definition) is 0. The van der Waals surface area contributed by atoms with Crippen molar-refractivity contribution in [1.29, 1.82) is 0 Å². The second-order valence-electron chi connectivity index (χ2n) is 5.42. The van der Waals surface area contributed by atoms with Gasteiger partial charge >= 0.3 is 0 Å². The molecule has 0 N–H and O–H groups in total. The topological polar surface area (TPSA) is 25.8 Å². The zero-order valence-electron chi connectivity index (χ0n) is 13.0. The van der Waals surface area contributed by atoms with Crippen LogP contribution in [0.15, 0.2) is 47.4 Å². The van der Waals surface area contributed by atoms with Gasteiger partial charge in [0.05, 0.1) is 5.75 Å². The summed E-state index contributed by atoms with van der Waals surface area (Å²) in [5, 5.41) is 1.07. The van der Waals surface area contributed by atoms with E-state index < -0.39 is 0 Å². The molecule has 1 heterocycles. The first-order chi connectivity index (χ1) is 10.6. The van der Waals surface area contributed by atoms with Gasteiger partial charge in [0.25, 0.3) is 0 Å². The Hall–Kier alpha value is -1.65. The molecule has 2 nitrogen and oxygen atoms in total. The highest BCUT2D eigenvalue weighted by Gasteiger charge is 2.08. The minimum atomic E-state index is 0.841.